The van der Waals surface area contributed by atoms with E-state index in [9.17, 15) is 0 Å². The van der Waals surface area contributed by atoms with Crippen LogP contribution in [0.25, 0.3) is 0 Å². The van der Waals surface area contributed by atoms with Crippen molar-refractivity contribution in [3.63, 3.8) is 0 Å². The summed E-state index contributed by atoms with van der Waals surface area (Å²) in [6.07, 6.45) is 1.81. The summed E-state index contributed by atoms with van der Waals surface area (Å²) in [4.78, 5) is 4.29. The number of ether oxygens (including phenoxy) is 1. The highest BCUT2D eigenvalue weighted by Gasteiger charge is 2.07. The molecule has 0 fully saturated rings. The second-order valence-corrected chi connectivity index (χ2v) is 4.26. The number of anilines is 1. The van der Waals surface area contributed by atoms with E-state index < -0.39 is 0 Å². The summed E-state index contributed by atoms with van der Waals surface area (Å²) in [6.45, 7) is 4.83. The number of aromatic nitrogens is 1. The molecule has 0 aliphatic carbocycles. The molecule has 3 heteroatoms. The maximum absolute atomic E-state index is 5.41. The lowest BCUT2D eigenvalue weighted by Gasteiger charge is -2.14. The lowest BCUT2D eigenvalue weighted by atomic mass is 10.1. The standard InChI is InChI=1S/C15H18N2O/c1-11-7-8-14(12(2)15(11)18-3)17-10-13-6-4-5-9-16-13/h4-9,17H,10H2,1-3H3. The van der Waals surface area contributed by atoms with Crippen LogP contribution in [0.4, 0.5) is 5.69 Å². The van der Waals surface area contributed by atoms with E-state index in [0.717, 1.165) is 28.3 Å². The molecular formula is C15H18N2O. The Hall–Kier alpha value is -2.03. The van der Waals surface area contributed by atoms with Crippen molar-refractivity contribution in [2.24, 2.45) is 0 Å². The van der Waals surface area contributed by atoms with Crippen LogP contribution in [0, 0.1) is 13.8 Å². The fourth-order valence-corrected chi connectivity index (χ4v) is 2.02. The number of benzene rings is 1. The molecule has 94 valence electrons. The molecule has 1 aromatic carbocycles. The smallest absolute Gasteiger partial charge is 0.126 e. The third-order valence-electron chi connectivity index (χ3n) is 2.99. The number of aryl methyl sites for hydroxylation is 1. The minimum absolute atomic E-state index is 0.716. The van der Waals surface area contributed by atoms with Gasteiger partial charge in [0, 0.05) is 17.4 Å². The monoisotopic (exact) mass is 242 g/mol. The second kappa shape index (κ2) is 5.54. The summed E-state index contributed by atoms with van der Waals surface area (Å²) < 4.78 is 5.41. The van der Waals surface area contributed by atoms with Crippen molar-refractivity contribution in [1.82, 2.24) is 4.98 Å². The topological polar surface area (TPSA) is 34.1 Å². The molecule has 0 radical (unpaired) electrons. The minimum atomic E-state index is 0.716. The molecule has 0 unspecified atom stereocenters. The first-order valence-electron chi connectivity index (χ1n) is 6.00. The molecule has 0 saturated carbocycles. The van der Waals surface area contributed by atoms with E-state index in [2.05, 4.69) is 29.4 Å². The van der Waals surface area contributed by atoms with Gasteiger partial charge in [0.1, 0.15) is 5.75 Å². The predicted octanol–water partition coefficient (Wildman–Crippen LogP) is 3.32. The summed E-state index contributed by atoms with van der Waals surface area (Å²) in [5.41, 5.74) is 4.39. The predicted molar refractivity (Wildman–Crippen MR) is 74.0 cm³/mol. The zero-order valence-electron chi connectivity index (χ0n) is 11.0. The van der Waals surface area contributed by atoms with E-state index in [0.29, 0.717) is 6.54 Å². The van der Waals surface area contributed by atoms with Crippen molar-refractivity contribution in [3.8, 4) is 5.75 Å². The largest absolute Gasteiger partial charge is 0.496 e. The van der Waals surface area contributed by atoms with E-state index in [-0.39, 0.29) is 0 Å². The number of rotatable bonds is 4. The summed E-state index contributed by atoms with van der Waals surface area (Å²) in [5.74, 6) is 0.945. The number of hydrogen-bond donors (Lipinski definition) is 1. The van der Waals surface area contributed by atoms with Crippen molar-refractivity contribution in [2.45, 2.75) is 20.4 Å². The lowest BCUT2D eigenvalue weighted by molar-refractivity contribution is 0.409. The Morgan fingerprint density at radius 2 is 2.00 bits per heavy atom. The molecule has 0 saturated heterocycles. The van der Waals surface area contributed by atoms with Crippen LogP contribution in [0.1, 0.15) is 16.8 Å². The zero-order valence-corrected chi connectivity index (χ0v) is 11.0. The maximum atomic E-state index is 5.41. The Kier molecular flexibility index (Phi) is 3.82. The zero-order chi connectivity index (χ0) is 13.0. The van der Waals surface area contributed by atoms with Gasteiger partial charge in [0.2, 0.25) is 0 Å². The summed E-state index contributed by atoms with van der Waals surface area (Å²) in [5, 5.41) is 3.39. The van der Waals surface area contributed by atoms with Gasteiger partial charge in [0.15, 0.2) is 0 Å². The van der Waals surface area contributed by atoms with E-state index in [1.165, 1.54) is 0 Å². The van der Waals surface area contributed by atoms with Gasteiger partial charge >= 0.3 is 0 Å². The number of nitrogens with one attached hydrogen (secondary N) is 1. The third-order valence-corrected chi connectivity index (χ3v) is 2.99. The van der Waals surface area contributed by atoms with E-state index in [4.69, 9.17) is 4.74 Å². The molecule has 0 aliphatic heterocycles. The summed E-state index contributed by atoms with van der Waals surface area (Å²) in [6, 6.07) is 10.1. The Morgan fingerprint density at radius 1 is 1.17 bits per heavy atom. The third kappa shape index (κ3) is 2.62. The van der Waals surface area contributed by atoms with Crippen LogP contribution in [0.15, 0.2) is 36.5 Å². The normalized spacial score (nSPS) is 10.2. The fourth-order valence-electron chi connectivity index (χ4n) is 2.02. The molecule has 1 aromatic heterocycles. The second-order valence-electron chi connectivity index (χ2n) is 4.26. The number of nitrogens with zero attached hydrogens (tertiary/aromatic N) is 1. The van der Waals surface area contributed by atoms with Crippen molar-refractivity contribution >= 4 is 5.69 Å². The van der Waals surface area contributed by atoms with Gasteiger partial charge < -0.3 is 10.1 Å². The number of pyridine rings is 1. The van der Waals surface area contributed by atoms with Gasteiger partial charge in [-0.15, -0.1) is 0 Å². The molecule has 2 rings (SSSR count). The molecule has 0 amide bonds. The minimum Gasteiger partial charge on any atom is -0.496 e. The molecule has 3 nitrogen and oxygen atoms in total. The molecule has 0 aliphatic rings. The highest BCUT2D eigenvalue weighted by Crippen LogP contribution is 2.29. The quantitative estimate of drug-likeness (QED) is 0.893. The first-order valence-corrected chi connectivity index (χ1v) is 6.00. The Balaban J connectivity index is 2.15. The van der Waals surface area contributed by atoms with Crippen LogP contribution in [0.2, 0.25) is 0 Å². The van der Waals surface area contributed by atoms with Crippen molar-refractivity contribution in [2.75, 3.05) is 12.4 Å². The highest BCUT2D eigenvalue weighted by molar-refractivity contribution is 5.59. The van der Waals surface area contributed by atoms with Crippen molar-refractivity contribution in [1.29, 1.82) is 0 Å². The Bertz CT molecular complexity index is 524. The van der Waals surface area contributed by atoms with Crippen molar-refractivity contribution < 1.29 is 4.74 Å². The average molecular weight is 242 g/mol. The highest BCUT2D eigenvalue weighted by atomic mass is 16.5. The van der Waals surface area contributed by atoms with Gasteiger partial charge in [-0.05, 0) is 37.6 Å². The van der Waals surface area contributed by atoms with Crippen LogP contribution in [0.3, 0.4) is 0 Å². The molecule has 1 heterocycles. The lowest BCUT2D eigenvalue weighted by Crippen LogP contribution is -2.04. The van der Waals surface area contributed by atoms with Gasteiger partial charge in [0.25, 0.3) is 0 Å². The van der Waals surface area contributed by atoms with Gasteiger partial charge in [-0.1, -0.05) is 12.1 Å². The number of hydrogen-bond acceptors (Lipinski definition) is 3. The van der Waals surface area contributed by atoms with E-state index in [1.54, 1.807) is 13.3 Å². The Morgan fingerprint density at radius 3 is 2.67 bits per heavy atom. The molecule has 0 bridgehead atoms. The molecular weight excluding hydrogens is 224 g/mol. The van der Waals surface area contributed by atoms with Crippen LogP contribution in [-0.4, -0.2) is 12.1 Å². The number of methoxy groups -OCH3 is 1. The van der Waals surface area contributed by atoms with Gasteiger partial charge in [-0.25, -0.2) is 0 Å². The summed E-state index contributed by atoms with van der Waals surface area (Å²) in [7, 11) is 1.71. The molecule has 18 heavy (non-hydrogen) atoms. The molecule has 0 spiro atoms. The first-order chi connectivity index (χ1) is 8.72. The maximum Gasteiger partial charge on any atom is 0.126 e. The van der Waals surface area contributed by atoms with Crippen LogP contribution < -0.4 is 10.1 Å². The van der Waals surface area contributed by atoms with Crippen LogP contribution in [0.5, 0.6) is 5.75 Å². The molecule has 0 atom stereocenters. The fraction of sp³-hybridized carbons (Fsp3) is 0.267. The van der Waals surface area contributed by atoms with Gasteiger partial charge in [-0.3, -0.25) is 4.98 Å². The van der Waals surface area contributed by atoms with E-state index >= 15 is 0 Å². The first kappa shape index (κ1) is 12.4. The SMILES string of the molecule is COc1c(C)ccc(NCc2ccccn2)c1C. The van der Waals surface area contributed by atoms with Gasteiger partial charge in [-0.2, -0.15) is 0 Å². The van der Waals surface area contributed by atoms with Gasteiger partial charge in [0.05, 0.1) is 19.3 Å². The average Bonchev–Trinajstić information content (AvgIpc) is 2.40. The van der Waals surface area contributed by atoms with Crippen molar-refractivity contribution in [3.05, 3.63) is 53.3 Å². The van der Waals surface area contributed by atoms with E-state index in [1.807, 2.05) is 25.1 Å². The molecule has 2 aromatic rings. The summed E-state index contributed by atoms with van der Waals surface area (Å²) >= 11 is 0. The van der Waals surface area contributed by atoms with Crippen LogP contribution >= 0.6 is 0 Å². The van der Waals surface area contributed by atoms with Crippen LogP contribution in [-0.2, 0) is 6.54 Å². The molecule has 1 N–H and O–H groups in total. The Labute approximate surface area is 108 Å².